The Kier molecular flexibility index (Phi) is 5.99. The lowest BCUT2D eigenvalue weighted by Crippen LogP contribution is -2.22. The molecule has 1 saturated carbocycles. The number of aromatic nitrogens is 1. The summed E-state index contributed by atoms with van der Waals surface area (Å²) in [6, 6.07) is 20.9. The maximum absolute atomic E-state index is 6.35. The SMILES string of the molecule is COc1ccc(N(c2ccccc2)C(C)c2cccnc2)cc1OC1CCCC1. The molecule has 0 bridgehead atoms. The molecule has 1 atom stereocenters. The molecule has 0 saturated heterocycles. The van der Waals surface area contributed by atoms with Crippen LogP contribution in [0.4, 0.5) is 11.4 Å². The standard InChI is InChI=1S/C25H28N2O2/c1-19(20-9-8-16-26-18-20)27(21-10-4-3-5-11-21)22-14-15-24(28-2)25(17-22)29-23-12-6-7-13-23/h3-5,8-11,14-19,23H,6-7,12-13H2,1-2H3. The number of benzene rings is 2. The number of nitrogens with zero attached hydrogens (tertiary/aromatic N) is 2. The second kappa shape index (κ2) is 8.99. The lowest BCUT2D eigenvalue weighted by atomic mass is 10.1. The maximum Gasteiger partial charge on any atom is 0.163 e. The molecule has 1 aliphatic rings. The molecule has 1 aromatic heterocycles. The fourth-order valence-electron chi connectivity index (χ4n) is 4.05. The molecule has 1 heterocycles. The van der Waals surface area contributed by atoms with Gasteiger partial charge in [-0.2, -0.15) is 0 Å². The second-order valence-corrected chi connectivity index (χ2v) is 7.53. The van der Waals surface area contributed by atoms with Crippen molar-refractivity contribution in [3.05, 3.63) is 78.6 Å². The smallest absolute Gasteiger partial charge is 0.163 e. The van der Waals surface area contributed by atoms with Gasteiger partial charge in [0, 0.05) is 29.8 Å². The summed E-state index contributed by atoms with van der Waals surface area (Å²) in [6.45, 7) is 2.20. The summed E-state index contributed by atoms with van der Waals surface area (Å²) in [5.74, 6) is 1.60. The Morgan fingerprint density at radius 2 is 1.72 bits per heavy atom. The van der Waals surface area contributed by atoms with Crippen LogP contribution in [0.3, 0.4) is 0 Å². The molecule has 4 rings (SSSR count). The zero-order valence-corrected chi connectivity index (χ0v) is 17.1. The van der Waals surface area contributed by atoms with Crippen molar-refractivity contribution in [2.24, 2.45) is 0 Å². The third-order valence-corrected chi connectivity index (χ3v) is 5.61. The first-order valence-corrected chi connectivity index (χ1v) is 10.3. The highest BCUT2D eigenvalue weighted by atomic mass is 16.5. The molecule has 4 heteroatoms. The van der Waals surface area contributed by atoms with Gasteiger partial charge in [0.25, 0.3) is 0 Å². The minimum absolute atomic E-state index is 0.110. The van der Waals surface area contributed by atoms with Crippen LogP contribution in [0, 0.1) is 0 Å². The number of pyridine rings is 1. The van der Waals surface area contributed by atoms with Crippen molar-refractivity contribution in [2.45, 2.75) is 44.8 Å². The first-order chi connectivity index (χ1) is 14.3. The Bertz CT molecular complexity index is 909. The maximum atomic E-state index is 6.35. The number of anilines is 2. The van der Waals surface area contributed by atoms with Crippen LogP contribution in [0.1, 0.15) is 44.2 Å². The molecule has 0 aliphatic heterocycles. The Hall–Kier alpha value is -3.01. The summed E-state index contributed by atoms with van der Waals surface area (Å²) >= 11 is 0. The molecule has 2 aromatic carbocycles. The Balaban J connectivity index is 1.74. The minimum Gasteiger partial charge on any atom is -0.493 e. The average molecular weight is 389 g/mol. The molecule has 1 fully saturated rings. The van der Waals surface area contributed by atoms with Crippen LogP contribution >= 0.6 is 0 Å². The van der Waals surface area contributed by atoms with E-state index in [1.807, 2.05) is 30.6 Å². The van der Waals surface area contributed by atoms with Crippen LogP contribution in [0.5, 0.6) is 11.5 Å². The van der Waals surface area contributed by atoms with Crippen LogP contribution < -0.4 is 14.4 Å². The Labute approximate surface area is 173 Å². The summed E-state index contributed by atoms with van der Waals surface area (Å²) < 4.78 is 11.9. The van der Waals surface area contributed by atoms with E-state index in [1.54, 1.807) is 7.11 Å². The van der Waals surface area contributed by atoms with Gasteiger partial charge in [0.15, 0.2) is 11.5 Å². The van der Waals surface area contributed by atoms with Gasteiger partial charge in [0.2, 0.25) is 0 Å². The number of hydrogen-bond acceptors (Lipinski definition) is 4. The molecule has 4 nitrogen and oxygen atoms in total. The molecule has 1 aliphatic carbocycles. The van der Waals surface area contributed by atoms with Gasteiger partial charge < -0.3 is 14.4 Å². The predicted molar refractivity (Wildman–Crippen MR) is 117 cm³/mol. The summed E-state index contributed by atoms with van der Waals surface area (Å²) in [4.78, 5) is 6.63. The number of ether oxygens (including phenoxy) is 2. The zero-order chi connectivity index (χ0) is 20.1. The van der Waals surface area contributed by atoms with E-state index in [1.165, 1.54) is 12.8 Å². The van der Waals surface area contributed by atoms with Crippen molar-refractivity contribution >= 4 is 11.4 Å². The van der Waals surface area contributed by atoms with E-state index in [0.29, 0.717) is 0 Å². The zero-order valence-electron chi connectivity index (χ0n) is 17.1. The fourth-order valence-corrected chi connectivity index (χ4v) is 4.05. The summed E-state index contributed by atoms with van der Waals surface area (Å²) in [5, 5.41) is 0. The van der Waals surface area contributed by atoms with Gasteiger partial charge >= 0.3 is 0 Å². The van der Waals surface area contributed by atoms with Crippen molar-refractivity contribution in [2.75, 3.05) is 12.0 Å². The monoisotopic (exact) mass is 388 g/mol. The van der Waals surface area contributed by atoms with Gasteiger partial charge in [-0.3, -0.25) is 4.98 Å². The van der Waals surface area contributed by atoms with Crippen LogP contribution in [0.15, 0.2) is 73.1 Å². The van der Waals surface area contributed by atoms with E-state index in [2.05, 4.69) is 59.3 Å². The first kappa shape index (κ1) is 19.3. The lowest BCUT2D eigenvalue weighted by molar-refractivity contribution is 0.201. The van der Waals surface area contributed by atoms with Crippen molar-refractivity contribution < 1.29 is 9.47 Å². The van der Waals surface area contributed by atoms with Crippen molar-refractivity contribution in [3.63, 3.8) is 0 Å². The van der Waals surface area contributed by atoms with Crippen LogP contribution in [0.2, 0.25) is 0 Å². The van der Waals surface area contributed by atoms with Crippen LogP contribution in [0.25, 0.3) is 0 Å². The van der Waals surface area contributed by atoms with Gasteiger partial charge in [-0.05, 0) is 68.5 Å². The van der Waals surface area contributed by atoms with E-state index in [4.69, 9.17) is 9.47 Å². The lowest BCUT2D eigenvalue weighted by Gasteiger charge is -2.32. The molecule has 0 amide bonds. The highest BCUT2D eigenvalue weighted by Gasteiger charge is 2.22. The molecule has 1 unspecified atom stereocenters. The van der Waals surface area contributed by atoms with Crippen molar-refractivity contribution in [1.29, 1.82) is 0 Å². The van der Waals surface area contributed by atoms with Crippen molar-refractivity contribution in [1.82, 2.24) is 4.98 Å². The van der Waals surface area contributed by atoms with Gasteiger partial charge in [0.1, 0.15) is 0 Å². The predicted octanol–water partition coefficient (Wildman–Crippen LogP) is 6.31. The molecule has 0 N–H and O–H groups in total. The molecular weight excluding hydrogens is 360 g/mol. The van der Waals surface area contributed by atoms with E-state index < -0.39 is 0 Å². The van der Waals surface area contributed by atoms with E-state index in [0.717, 1.165) is 41.3 Å². The minimum atomic E-state index is 0.110. The molecule has 0 spiro atoms. The van der Waals surface area contributed by atoms with E-state index in [-0.39, 0.29) is 12.1 Å². The third kappa shape index (κ3) is 4.37. The highest BCUT2D eigenvalue weighted by Crippen LogP contribution is 2.40. The molecule has 29 heavy (non-hydrogen) atoms. The normalized spacial score (nSPS) is 15.1. The first-order valence-electron chi connectivity index (χ1n) is 10.3. The highest BCUT2D eigenvalue weighted by molar-refractivity contribution is 5.68. The second-order valence-electron chi connectivity index (χ2n) is 7.53. The van der Waals surface area contributed by atoms with Crippen LogP contribution in [-0.4, -0.2) is 18.2 Å². The summed E-state index contributed by atoms with van der Waals surface area (Å²) in [5.41, 5.74) is 3.35. The number of methoxy groups -OCH3 is 1. The van der Waals surface area contributed by atoms with Gasteiger partial charge in [-0.25, -0.2) is 0 Å². The number of para-hydroxylation sites is 1. The largest absolute Gasteiger partial charge is 0.493 e. The number of hydrogen-bond donors (Lipinski definition) is 0. The molecule has 150 valence electrons. The topological polar surface area (TPSA) is 34.6 Å². The van der Waals surface area contributed by atoms with Gasteiger partial charge in [-0.15, -0.1) is 0 Å². The average Bonchev–Trinajstić information content (AvgIpc) is 3.28. The van der Waals surface area contributed by atoms with E-state index >= 15 is 0 Å². The van der Waals surface area contributed by atoms with Gasteiger partial charge in [-0.1, -0.05) is 24.3 Å². The Morgan fingerprint density at radius 1 is 0.931 bits per heavy atom. The van der Waals surface area contributed by atoms with Crippen molar-refractivity contribution in [3.8, 4) is 11.5 Å². The summed E-state index contributed by atoms with van der Waals surface area (Å²) in [7, 11) is 1.70. The quantitative estimate of drug-likeness (QED) is 0.475. The molecule has 0 radical (unpaired) electrons. The molecular formula is C25H28N2O2. The Morgan fingerprint density at radius 3 is 2.41 bits per heavy atom. The molecule has 3 aromatic rings. The third-order valence-electron chi connectivity index (χ3n) is 5.61. The number of rotatable bonds is 7. The summed E-state index contributed by atoms with van der Waals surface area (Å²) in [6.07, 6.45) is 8.72. The van der Waals surface area contributed by atoms with E-state index in [9.17, 15) is 0 Å². The fraction of sp³-hybridized carbons (Fsp3) is 0.320. The van der Waals surface area contributed by atoms with Crippen LogP contribution in [-0.2, 0) is 0 Å². The van der Waals surface area contributed by atoms with Gasteiger partial charge in [0.05, 0.1) is 19.3 Å².